The molecule has 0 radical (unpaired) electrons. The largest absolute Gasteiger partial charge is 0.491 e. The van der Waals surface area contributed by atoms with E-state index in [9.17, 15) is 23.1 Å². The molecule has 0 heterocycles. The number of halogens is 4. The Morgan fingerprint density at radius 2 is 2.09 bits per heavy atom. The molecule has 0 saturated heterocycles. The van der Waals surface area contributed by atoms with Gasteiger partial charge in [0.2, 0.25) is 5.91 Å². The molecule has 1 aromatic carbocycles. The number of ether oxygens (including phenoxy) is 1. The Kier molecular flexibility index (Phi) is 8.21. The standard InChI is InChI=1S/C13H17F3N2O3.ClH/c1-8(17)12(20)18-6-10(19)7-21-11-4-2-3-9(5-11)13(14,15)16;/h2-5,8,10,19H,6-7,17H2,1H3,(H,18,20);1H/t8-,10?;/m0./s1. The van der Waals surface area contributed by atoms with Crippen LogP contribution in [0.5, 0.6) is 5.75 Å². The van der Waals surface area contributed by atoms with Crippen molar-refractivity contribution in [2.24, 2.45) is 5.73 Å². The fourth-order valence-electron chi connectivity index (χ4n) is 1.39. The summed E-state index contributed by atoms with van der Waals surface area (Å²) in [6, 6.07) is 3.62. The van der Waals surface area contributed by atoms with E-state index in [1.807, 2.05) is 0 Å². The van der Waals surface area contributed by atoms with Crippen LogP contribution in [0, 0.1) is 0 Å². The van der Waals surface area contributed by atoms with Crippen LogP contribution in [0.2, 0.25) is 0 Å². The van der Waals surface area contributed by atoms with Gasteiger partial charge in [-0.2, -0.15) is 13.2 Å². The van der Waals surface area contributed by atoms with Gasteiger partial charge in [0, 0.05) is 6.54 Å². The second kappa shape index (κ2) is 8.82. The number of alkyl halides is 3. The topological polar surface area (TPSA) is 84.6 Å². The summed E-state index contributed by atoms with van der Waals surface area (Å²) < 4.78 is 42.5. The Morgan fingerprint density at radius 3 is 2.64 bits per heavy atom. The van der Waals surface area contributed by atoms with Gasteiger partial charge in [0.15, 0.2) is 0 Å². The first-order valence-corrected chi connectivity index (χ1v) is 6.21. The van der Waals surface area contributed by atoms with Crippen molar-refractivity contribution in [2.75, 3.05) is 13.2 Å². The summed E-state index contributed by atoms with van der Waals surface area (Å²) in [6.07, 6.45) is -5.51. The molecule has 0 aliphatic heterocycles. The van der Waals surface area contributed by atoms with Gasteiger partial charge in [0.1, 0.15) is 18.5 Å². The van der Waals surface area contributed by atoms with E-state index in [0.29, 0.717) is 0 Å². The molecule has 1 rings (SSSR count). The van der Waals surface area contributed by atoms with Crippen molar-refractivity contribution in [3.8, 4) is 5.75 Å². The van der Waals surface area contributed by atoms with Crippen LogP contribution in [-0.2, 0) is 11.0 Å². The smallest absolute Gasteiger partial charge is 0.416 e. The van der Waals surface area contributed by atoms with Gasteiger partial charge in [-0.3, -0.25) is 4.79 Å². The average molecular weight is 343 g/mol. The van der Waals surface area contributed by atoms with Crippen LogP contribution >= 0.6 is 12.4 Å². The number of rotatable bonds is 6. The van der Waals surface area contributed by atoms with E-state index in [0.717, 1.165) is 12.1 Å². The molecule has 5 nitrogen and oxygen atoms in total. The van der Waals surface area contributed by atoms with Crippen molar-refractivity contribution in [3.63, 3.8) is 0 Å². The van der Waals surface area contributed by atoms with Gasteiger partial charge in [-0.15, -0.1) is 12.4 Å². The van der Waals surface area contributed by atoms with Crippen LogP contribution in [0.25, 0.3) is 0 Å². The lowest BCUT2D eigenvalue weighted by atomic mass is 10.2. The number of benzene rings is 1. The summed E-state index contributed by atoms with van der Waals surface area (Å²) in [6.45, 7) is 1.14. The van der Waals surface area contributed by atoms with Crippen LogP contribution in [0.4, 0.5) is 13.2 Å². The number of amides is 1. The molecule has 2 atom stereocenters. The third-order valence-electron chi connectivity index (χ3n) is 2.53. The summed E-state index contributed by atoms with van der Waals surface area (Å²) in [5, 5.41) is 11.9. The van der Waals surface area contributed by atoms with Crippen molar-refractivity contribution in [1.82, 2.24) is 5.32 Å². The Morgan fingerprint density at radius 1 is 1.45 bits per heavy atom. The quantitative estimate of drug-likeness (QED) is 0.728. The highest BCUT2D eigenvalue weighted by Gasteiger charge is 2.30. The monoisotopic (exact) mass is 342 g/mol. The zero-order valence-electron chi connectivity index (χ0n) is 11.8. The van der Waals surface area contributed by atoms with E-state index in [1.54, 1.807) is 0 Å². The lowest BCUT2D eigenvalue weighted by Crippen LogP contribution is -2.42. The number of nitrogens with two attached hydrogens (primary N) is 1. The maximum absolute atomic E-state index is 12.5. The molecule has 0 aliphatic rings. The molecule has 0 spiro atoms. The highest BCUT2D eigenvalue weighted by molar-refractivity contribution is 5.85. The van der Waals surface area contributed by atoms with Crippen LogP contribution in [-0.4, -0.2) is 36.3 Å². The molecule has 0 saturated carbocycles. The minimum atomic E-state index is -4.46. The molecule has 22 heavy (non-hydrogen) atoms. The van der Waals surface area contributed by atoms with Gasteiger partial charge in [-0.05, 0) is 25.1 Å². The summed E-state index contributed by atoms with van der Waals surface area (Å²) in [5.41, 5.74) is 4.48. The number of carbonyl (C=O) groups excluding carboxylic acids is 1. The van der Waals surface area contributed by atoms with E-state index in [4.69, 9.17) is 10.5 Å². The van der Waals surface area contributed by atoms with Crippen molar-refractivity contribution in [3.05, 3.63) is 29.8 Å². The number of hydrogen-bond acceptors (Lipinski definition) is 4. The van der Waals surface area contributed by atoms with Gasteiger partial charge in [-0.25, -0.2) is 0 Å². The second-order valence-electron chi connectivity index (χ2n) is 4.52. The molecule has 0 bridgehead atoms. The fourth-order valence-corrected chi connectivity index (χ4v) is 1.39. The molecular formula is C13H18ClF3N2O3. The zero-order valence-corrected chi connectivity index (χ0v) is 12.6. The Hall–Kier alpha value is -1.51. The van der Waals surface area contributed by atoms with E-state index < -0.39 is 29.8 Å². The van der Waals surface area contributed by atoms with Crippen molar-refractivity contribution in [2.45, 2.75) is 25.2 Å². The summed E-state index contributed by atoms with van der Waals surface area (Å²) in [4.78, 5) is 11.2. The van der Waals surface area contributed by atoms with Gasteiger partial charge >= 0.3 is 6.18 Å². The number of nitrogens with one attached hydrogen (secondary N) is 1. The van der Waals surface area contributed by atoms with E-state index >= 15 is 0 Å². The number of aliphatic hydroxyl groups is 1. The first kappa shape index (κ1) is 20.5. The Bertz CT molecular complexity index is 484. The lowest BCUT2D eigenvalue weighted by Gasteiger charge is -2.15. The molecule has 0 aromatic heterocycles. The first-order valence-electron chi connectivity index (χ1n) is 6.21. The maximum atomic E-state index is 12.5. The predicted molar refractivity (Wildman–Crippen MR) is 76.9 cm³/mol. The Labute approximate surface area is 132 Å². The molecule has 1 aromatic rings. The zero-order chi connectivity index (χ0) is 16.0. The SMILES string of the molecule is C[C@H](N)C(=O)NCC(O)COc1cccc(C(F)(F)F)c1.Cl. The predicted octanol–water partition coefficient (Wildman–Crippen LogP) is 1.33. The summed E-state index contributed by atoms with van der Waals surface area (Å²) in [7, 11) is 0. The van der Waals surface area contributed by atoms with Crippen LogP contribution in [0.1, 0.15) is 12.5 Å². The maximum Gasteiger partial charge on any atom is 0.416 e. The molecule has 126 valence electrons. The van der Waals surface area contributed by atoms with E-state index in [1.165, 1.54) is 19.1 Å². The summed E-state index contributed by atoms with van der Waals surface area (Å²) >= 11 is 0. The average Bonchev–Trinajstić information content (AvgIpc) is 2.41. The van der Waals surface area contributed by atoms with Crippen molar-refractivity contribution >= 4 is 18.3 Å². The van der Waals surface area contributed by atoms with Crippen LogP contribution in [0.3, 0.4) is 0 Å². The van der Waals surface area contributed by atoms with E-state index in [-0.39, 0.29) is 31.3 Å². The van der Waals surface area contributed by atoms with Crippen molar-refractivity contribution in [1.29, 1.82) is 0 Å². The van der Waals surface area contributed by atoms with Crippen LogP contribution < -0.4 is 15.8 Å². The highest BCUT2D eigenvalue weighted by Crippen LogP contribution is 2.31. The highest BCUT2D eigenvalue weighted by atomic mass is 35.5. The van der Waals surface area contributed by atoms with E-state index in [2.05, 4.69) is 5.32 Å². The van der Waals surface area contributed by atoms with Gasteiger partial charge in [-0.1, -0.05) is 6.07 Å². The first-order chi connectivity index (χ1) is 9.70. The number of aliphatic hydroxyl groups excluding tert-OH is 1. The fraction of sp³-hybridized carbons (Fsp3) is 0.462. The molecule has 0 aliphatic carbocycles. The number of carbonyl (C=O) groups is 1. The molecule has 1 amide bonds. The normalized spacial score (nSPS) is 13.7. The van der Waals surface area contributed by atoms with Gasteiger partial charge in [0.05, 0.1) is 11.6 Å². The molecule has 9 heteroatoms. The Balaban J connectivity index is 0.00000441. The lowest BCUT2D eigenvalue weighted by molar-refractivity contribution is -0.137. The number of hydrogen-bond donors (Lipinski definition) is 3. The summed E-state index contributed by atoms with van der Waals surface area (Å²) in [5.74, 6) is -0.449. The third kappa shape index (κ3) is 6.97. The molecule has 1 unspecified atom stereocenters. The minimum Gasteiger partial charge on any atom is -0.491 e. The molecule has 4 N–H and O–H groups in total. The molecular weight excluding hydrogens is 325 g/mol. The third-order valence-corrected chi connectivity index (χ3v) is 2.53. The second-order valence-corrected chi connectivity index (χ2v) is 4.52. The minimum absolute atomic E-state index is 0. The molecule has 0 fully saturated rings. The van der Waals surface area contributed by atoms with Gasteiger partial charge < -0.3 is 20.9 Å². The van der Waals surface area contributed by atoms with Crippen LogP contribution in [0.15, 0.2) is 24.3 Å². The van der Waals surface area contributed by atoms with Crippen molar-refractivity contribution < 1.29 is 27.8 Å². The van der Waals surface area contributed by atoms with Gasteiger partial charge in [0.25, 0.3) is 0 Å².